The van der Waals surface area contributed by atoms with Gasteiger partial charge in [-0.25, -0.2) is 4.79 Å². The second kappa shape index (κ2) is 5.30. The second-order valence-electron chi connectivity index (χ2n) is 5.25. The number of urea groups is 1. The fourth-order valence-electron chi connectivity index (χ4n) is 2.29. The minimum absolute atomic E-state index is 0.156. The third kappa shape index (κ3) is 4.61. The lowest BCUT2D eigenvalue weighted by Gasteiger charge is -2.35. The highest BCUT2D eigenvalue weighted by molar-refractivity contribution is 5.94. The Morgan fingerprint density at radius 3 is 2.69 bits per heavy atom. The van der Waals surface area contributed by atoms with Crippen LogP contribution in [0.15, 0.2) is 0 Å². The van der Waals surface area contributed by atoms with E-state index in [0.29, 0.717) is 11.5 Å². The summed E-state index contributed by atoms with van der Waals surface area (Å²) < 4.78 is 0. The summed E-state index contributed by atoms with van der Waals surface area (Å²) in [6, 6.07) is -0.432. The SMILES string of the molecule is CC1(C)CCCC(NCC(=O)NC(N)=O)C1. The number of rotatable bonds is 3. The van der Waals surface area contributed by atoms with Crippen LogP contribution in [0.5, 0.6) is 0 Å². The summed E-state index contributed by atoms with van der Waals surface area (Å²) in [4.78, 5) is 21.6. The Kier molecular flexibility index (Phi) is 4.29. The van der Waals surface area contributed by atoms with E-state index >= 15 is 0 Å². The highest BCUT2D eigenvalue weighted by atomic mass is 16.2. The van der Waals surface area contributed by atoms with Gasteiger partial charge in [0.05, 0.1) is 6.54 Å². The topological polar surface area (TPSA) is 84.2 Å². The predicted molar refractivity (Wildman–Crippen MR) is 61.8 cm³/mol. The maximum atomic E-state index is 11.2. The van der Waals surface area contributed by atoms with Gasteiger partial charge in [-0.2, -0.15) is 0 Å². The highest BCUT2D eigenvalue weighted by Crippen LogP contribution is 2.34. The zero-order valence-electron chi connectivity index (χ0n) is 10.0. The molecule has 1 rings (SSSR count). The van der Waals surface area contributed by atoms with Gasteiger partial charge >= 0.3 is 6.03 Å². The van der Waals surface area contributed by atoms with Crippen LogP contribution in [0.3, 0.4) is 0 Å². The average Bonchev–Trinajstić information content (AvgIpc) is 2.12. The van der Waals surface area contributed by atoms with E-state index in [1.54, 1.807) is 0 Å². The molecule has 0 aromatic heterocycles. The molecule has 1 fully saturated rings. The molecule has 4 N–H and O–H groups in total. The zero-order valence-corrected chi connectivity index (χ0v) is 10.0. The number of carbonyl (C=O) groups is 2. The molecule has 0 heterocycles. The third-order valence-electron chi connectivity index (χ3n) is 3.02. The van der Waals surface area contributed by atoms with E-state index in [9.17, 15) is 9.59 Å². The Morgan fingerprint density at radius 1 is 1.44 bits per heavy atom. The first-order valence-electron chi connectivity index (χ1n) is 5.72. The van der Waals surface area contributed by atoms with Crippen LogP contribution in [-0.4, -0.2) is 24.5 Å². The highest BCUT2D eigenvalue weighted by Gasteiger charge is 2.27. The van der Waals surface area contributed by atoms with Gasteiger partial charge in [0.1, 0.15) is 0 Å². The van der Waals surface area contributed by atoms with Gasteiger partial charge in [0, 0.05) is 6.04 Å². The summed E-state index contributed by atoms with van der Waals surface area (Å²) >= 11 is 0. The van der Waals surface area contributed by atoms with Crippen molar-refractivity contribution in [2.45, 2.75) is 45.6 Å². The molecular formula is C11H21N3O2. The molecule has 92 valence electrons. The van der Waals surface area contributed by atoms with Crippen molar-refractivity contribution in [2.24, 2.45) is 11.1 Å². The van der Waals surface area contributed by atoms with E-state index in [1.165, 1.54) is 12.8 Å². The Labute approximate surface area is 96.1 Å². The number of primary amides is 1. The number of nitrogens with two attached hydrogens (primary N) is 1. The standard InChI is InChI=1S/C11H21N3O2/c1-11(2)5-3-4-8(6-11)13-7-9(15)14-10(12)16/h8,13H,3-7H2,1-2H3,(H3,12,14,15,16). The van der Waals surface area contributed by atoms with Crippen molar-refractivity contribution < 1.29 is 9.59 Å². The molecule has 16 heavy (non-hydrogen) atoms. The molecule has 1 aliphatic carbocycles. The minimum Gasteiger partial charge on any atom is -0.351 e. The lowest BCUT2D eigenvalue weighted by molar-refractivity contribution is -0.119. The van der Waals surface area contributed by atoms with E-state index < -0.39 is 6.03 Å². The van der Waals surface area contributed by atoms with E-state index in [4.69, 9.17) is 5.73 Å². The normalized spacial score (nSPS) is 23.8. The molecular weight excluding hydrogens is 206 g/mol. The second-order valence-corrected chi connectivity index (χ2v) is 5.25. The Hall–Kier alpha value is -1.10. The van der Waals surface area contributed by atoms with Gasteiger partial charge in [0.25, 0.3) is 0 Å². The van der Waals surface area contributed by atoms with Crippen LogP contribution in [0, 0.1) is 5.41 Å². The van der Waals surface area contributed by atoms with Gasteiger partial charge in [-0.05, 0) is 24.7 Å². The summed E-state index contributed by atoms with van der Waals surface area (Å²) in [6.45, 7) is 4.64. The van der Waals surface area contributed by atoms with Crippen molar-refractivity contribution in [2.75, 3.05) is 6.54 Å². The summed E-state index contributed by atoms with van der Waals surface area (Å²) in [5.74, 6) is -0.365. The molecule has 5 nitrogen and oxygen atoms in total. The van der Waals surface area contributed by atoms with Crippen LogP contribution in [0.2, 0.25) is 0 Å². The first-order chi connectivity index (χ1) is 7.39. The number of carbonyl (C=O) groups excluding carboxylic acids is 2. The Morgan fingerprint density at radius 2 is 2.12 bits per heavy atom. The molecule has 0 aromatic rings. The quantitative estimate of drug-likeness (QED) is 0.665. The van der Waals surface area contributed by atoms with Gasteiger partial charge in [0.15, 0.2) is 0 Å². The molecule has 0 spiro atoms. The first-order valence-corrected chi connectivity index (χ1v) is 5.72. The third-order valence-corrected chi connectivity index (χ3v) is 3.02. The molecule has 3 amide bonds. The van der Waals surface area contributed by atoms with Gasteiger partial charge in [-0.15, -0.1) is 0 Å². The van der Waals surface area contributed by atoms with Crippen LogP contribution in [-0.2, 0) is 4.79 Å². The van der Waals surface area contributed by atoms with E-state index in [1.807, 2.05) is 5.32 Å². The monoisotopic (exact) mass is 227 g/mol. The smallest absolute Gasteiger partial charge is 0.318 e. The molecule has 1 unspecified atom stereocenters. The fraction of sp³-hybridized carbons (Fsp3) is 0.818. The summed E-state index contributed by atoms with van der Waals surface area (Å²) in [7, 11) is 0. The number of amides is 3. The summed E-state index contributed by atoms with van der Waals surface area (Å²) in [5.41, 5.74) is 5.19. The van der Waals surface area contributed by atoms with Crippen LogP contribution in [0.1, 0.15) is 39.5 Å². The maximum Gasteiger partial charge on any atom is 0.318 e. The Balaban J connectivity index is 2.27. The predicted octanol–water partition coefficient (Wildman–Crippen LogP) is 0.740. The summed E-state index contributed by atoms with van der Waals surface area (Å²) in [5, 5.41) is 5.20. The number of hydrogen-bond acceptors (Lipinski definition) is 3. The van der Waals surface area contributed by atoms with E-state index in [-0.39, 0.29) is 12.5 Å². The lowest BCUT2D eigenvalue weighted by Crippen LogP contribution is -2.45. The van der Waals surface area contributed by atoms with Crippen LogP contribution >= 0.6 is 0 Å². The number of nitrogens with one attached hydrogen (secondary N) is 2. The molecule has 1 saturated carbocycles. The van der Waals surface area contributed by atoms with Crippen molar-refractivity contribution >= 4 is 11.9 Å². The van der Waals surface area contributed by atoms with Gasteiger partial charge < -0.3 is 11.1 Å². The van der Waals surface area contributed by atoms with Crippen molar-refractivity contribution in [3.8, 4) is 0 Å². The van der Waals surface area contributed by atoms with Crippen molar-refractivity contribution in [1.29, 1.82) is 0 Å². The molecule has 0 radical (unpaired) electrons. The molecule has 1 aliphatic rings. The molecule has 0 aromatic carbocycles. The zero-order chi connectivity index (χ0) is 12.2. The van der Waals surface area contributed by atoms with E-state index in [0.717, 1.165) is 12.8 Å². The number of imide groups is 1. The molecule has 0 bridgehead atoms. The molecule has 1 atom stereocenters. The molecule has 5 heteroatoms. The van der Waals surface area contributed by atoms with Gasteiger partial charge in [0.2, 0.25) is 5.91 Å². The largest absolute Gasteiger partial charge is 0.351 e. The van der Waals surface area contributed by atoms with Crippen LogP contribution < -0.4 is 16.4 Å². The van der Waals surface area contributed by atoms with Gasteiger partial charge in [-0.1, -0.05) is 20.3 Å². The first kappa shape index (κ1) is 13.0. The minimum atomic E-state index is -0.796. The fourth-order valence-corrected chi connectivity index (χ4v) is 2.29. The van der Waals surface area contributed by atoms with Crippen molar-refractivity contribution in [3.63, 3.8) is 0 Å². The number of hydrogen-bond donors (Lipinski definition) is 3. The van der Waals surface area contributed by atoms with Crippen molar-refractivity contribution in [1.82, 2.24) is 10.6 Å². The van der Waals surface area contributed by atoms with Crippen molar-refractivity contribution in [3.05, 3.63) is 0 Å². The van der Waals surface area contributed by atoms with E-state index in [2.05, 4.69) is 19.2 Å². The van der Waals surface area contributed by atoms with Crippen LogP contribution in [0.25, 0.3) is 0 Å². The summed E-state index contributed by atoms with van der Waals surface area (Å²) in [6.07, 6.45) is 4.57. The lowest BCUT2D eigenvalue weighted by atomic mass is 9.75. The maximum absolute atomic E-state index is 11.2. The molecule has 0 aliphatic heterocycles. The molecule has 0 saturated heterocycles. The van der Waals surface area contributed by atoms with Crippen LogP contribution in [0.4, 0.5) is 4.79 Å². The average molecular weight is 227 g/mol. The van der Waals surface area contributed by atoms with Gasteiger partial charge in [-0.3, -0.25) is 10.1 Å². The Bertz CT molecular complexity index is 276.